The molecule has 1 N–H and O–H groups in total. The molecule has 30 heavy (non-hydrogen) atoms. The number of carbonyl (C=O) groups excluding carboxylic acids is 2. The number of halogens is 2. The molecular weight excluding hydrogens is 415 g/mol. The Morgan fingerprint density at radius 3 is 2.87 bits per heavy atom. The number of ether oxygens (including phenoxy) is 1. The largest absolute Gasteiger partial charge is 0.466 e. The van der Waals surface area contributed by atoms with E-state index in [4.69, 9.17) is 16.3 Å². The molecule has 1 aromatic carbocycles. The van der Waals surface area contributed by atoms with Crippen molar-refractivity contribution in [1.82, 2.24) is 20.1 Å². The summed E-state index contributed by atoms with van der Waals surface area (Å²) in [6.45, 7) is 2.95. The van der Waals surface area contributed by atoms with Crippen LogP contribution in [0, 0.1) is 11.7 Å². The van der Waals surface area contributed by atoms with Crippen LogP contribution in [0.2, 0.25) is 5.02 Å². The number of nitrogens with zero attached hydrogens (tertiary/aromatic N) is 3. The van der Waals surface area contributed by atoms with Gasteiger partial charge < -0.3 is 14.6 Å². The molecule has 1 fully saturated rings. The smallest absolute Gasteiger partial charge is 0.310 e. The maximum atomic E-state index is 13.3. The lowest BCUT2D eigenvalue weighted by Gasteiger charge is -2.31. The zero-order chi connectivity index (χ0) is 21.7. The summed E-state index contributed by atoms with van der Waals surface area (Å²) >= 11 is 5.75. The van der Waals surface area contributed by atoms with Crippen molar-refractivity contribution in [1.29, 1.82) is 0 Å². The van der Waals surface area contributed by atoms with Crippen molar-refractivity contribution >= 4 is 23.5 Å². The van der Waals surface area contributed by atoms with Gasteiger partial charge in [0.2, 0.25) is 5.91 Å². The average Bonchev–Trinajstić information content (AvgIpc) is 2.75. The highest BCUT2D eigenvalue weighted by atomic mass is 35.5. The number of amides is 1. The summed E-state index contributed by atoms with van der Waals surface area (Å²) in [5.74, 6) is -1.17. The molecule has 1 amide bonds. The molecule has 0 saturated carbocycles. The van der Waals surface area contributed by atoms with E-state index >= 15 is 0 Å². The van der Waals surface area contributed by atoms with E-state index in [0.717, 1.165) is 6.42 Å². The Labute approximate surface area is 177 Å². The van der Waals surface area contributed by atoms with Crippen molar-refractivity contribution < 1.29 is 18.7 Å². The van der Waals surface area contributed by atoms with Gasteiger partial charge in [0.15, 0.2) is 5.82 Å². The molecule has 2 aromatic rings. The summed E-state index contributed by atoms with van der Waals surface area (Å²) in [5, 5.41) is 7.78. The summed E-state index contributed by atoms with van der Waals surface area (Å²) < 4.78 is 18.3. The van der Waals surface area contributed by atoms with Gasteiger partial charge in [0.25, 0.3) is 5.56 Å². The first-order valence-corrected chi connectivity index (χ1v) is 10.1. The van der Waals surface area contributed by atoms with Crippen LogP contribution in [0.5, 0.6) is 0 Å². The molecule has 0 radical (unpaired) electrons. The normalized spacial score (nSPS) is 16.4. The first-order chi connectivity index (χ1) is 14.4. The molecule has 0 aliphatic carbocycles. The summed E-state index contributed by atoms with van der Waals surface area (Å²) in [4.78, 5) is 41.0. The molecule has 1 atom stereocenters. The number of hydrogen-bond donors (Lipinski definition) is 1. The second-order valence-electron chi connectivity index (χ2n) is 7.01. The van der Waals surface area contributed by atoms with Crippen molar-refractivity contribution in [3.63, 3.8) is 0 Å². The molecule has 1 aromatic heterocycles. The first kappa shape index (κ1) is 21.9. The van der Waals surface area contributed by atoms with E-state index in [0.29, 0.717) is 31.7 Å². The standard InChI is InChI=1S/C20H22ClFN4O4/c1-2-30-20(29)13-4-3-9-26(11-13)17(27)8-7-16-19(28)23-18(25-24-16)12-5-6-15(22)14(21)10-12/h5-6,10,13H,2-4,7-9,11H2,1H3,(H,23,25,28)/t13-/m0/s1. The zero-order valence-electron chi connectivity index (χ0n) is 16.5. The van der Waals surface area contributed by atoms with Gasteiger partial charge in [-0.25, -0.2) is 4.39 Å². The van der Waals surface area contributed by atoms with Crippen molar-refractivity contribution in [2.45, 2.75) is 32.6 Å². The number of carbonyl (C=O) groups is 2. The van der Waals surface area contributed by atoms with E-state index in [1.807, 2.05) is 0 Å². The van der Waals surface area contributed by atoms with Crippen LogP contribution in [0.3, 0.4) is 0 Å². The molecule has 160 valence electrons. The number of piperidine rings is 1. The van der Waals surface area contributed by atoms with Gasteiger partial charge in [0.05, 0.1) is 17.5 Å². The monoisotopic (exact) mass is 436 g/mol. The van der Waals surface area contributed by atoms with Crippen LogP contribution < -0.4 is 5.56 Å². The fourth-order valence-electron chi connectivity index (χ4n) is 3.34. The Morgan fingerprint density at radius 1 is 1.37 bits per heavy atom. The highest BCUT2D eigenvalue weighted by Gasteiger charge is 2.29. The Kier molecular flexibility index (Phi) is 7.15. The van der Waals surface area contributed by atoms with E-state index in [9.17, 15) is 18.8 Å². The molecule has 8 nitrogen and oxygen atoms in total. The summed E-state index contributed by atoms with van der Waals surface area (Å²) in [5.41, 5.74) is 0.0718. The Hall–Kier alpha value is -2.81. The lowest BCUT2D eigenvalue weighted by molar-refractivity contribution is -0.151. The molecule has 0 bridgehead atoms. The van der Waals surface area contributed by atoms with Crippen LogP contribution in [0.4, 0.5) is 4.39 Å². The average molecular weight is 437 g/mol. The summed E-state index contributed by atoms with van der Waals surface area (Å²) in [6.07, 6.45) is 1.62. The molecule has 0 spiro atoms. The third kappa shape index (κ3) is 5.21. The van der Waals surface area contributed by atoms with Gasteiger partial charge >= 0.3 is 5.97 Å². The lowest BCUT2D eigenvalue weighted by Crippen LogP contribution is -2.43. The second-order valence-corrected chi connectivity index (χ2v) is 7.42. The van der Waals surface area contributed by atoms with E-state index in [1.165, 1.54) is 18.2 Å². The fraction of sp³-hybridized carbons (Fsp3) is 0.450. The highest BCUT2D eigenvalue weighted by Crippen LogP contribution is 2.22. The highest BCUT2D eigenvalue weighted by molar-refractivity contribution is 6.31. The number of nitrogens with one attached hydrogen (secondary N) is 1. The van der Waals surface area contributed by atoms with Crippen LogP contribution in [-0.4, -0.2) is 51.7 Å². The fourth-order valence-corrected chi connectivity index (χ4v) is 3.52. The zero-order valence-corrected chi connectivity index (χ0v) is 17.2. The Bertz CT molecular complexity index is 997. The van der Waals surface area contributed by atoms with Gasteiger partial charge in [-0.3, -0.25) is 14.4 Å². The van der Waals surface area contributed by atoms with E-state index < -0.39 is 11.4 Å². The Morgan fingerprint density at radius 2 is 2.17 bits per heavy atom. The number of hydrogen-bond acceptors (Lipinski definition) is 6. The van der Waals surface area contributed by atoms with Gasteiger partial charge in [-0.15, -0.1) is 10.2 Å². The van der Waals surface area contributed by atoms with Crippen molar-refractivity contribution in [3.8, 4) is 11.4 Å². The van der Waals surface area contributed by atoms with Crippen LogP contribution in [0.25, 0.3) is 11.4 Å². The molecule has 3 rings (SSSR count). The number of esters is 1. The minimum atomic E-state index is -0.575. The molecular formula is C20H22ClFN4O4. The van der Waals surface area contributed by atoms with E-state index in [-0.39, 0.29) is 47.2 Å². The van der Waals surface area contributed by atoms with Crippen molar-refractivity contribution in [3.05, 3.63) is 45.1 Å². The van der Waals surface area contributed by atoms with Gasteiger partial charge in [-0.1, -0.05) is 11.6 Å². The molecule has 2 heterocycles. The van der Waals surface area contributed by atoms with Gasteiger partial charge in [-0.05, 0) is 38.0 Å². The molecule has 10 heteroatoms. The van der Waals surface area contributed by atoms with Crippen LogP contribution >= 0.6 is 11.6 Å². The minimum Gasteiger partial charge on any atom is -0.466 e. The molecule has 0 unspecified atom stereocenters. The number of aryl methyl sites for hydroxylation is 1. The molecule has 1 aliphatic rings. The quantitative estimate of drug-likeness (QED) is 0.697. The third-order valence-electron chi connectivity index (χ3n) is 4.93. The van der Waals surface area contributed by atoms with Gasteiger partial charge in [0.1, 0.15) is 11.5 Å². The maximum absolute atomic E-state index is 13.3. The van der Waals surface area contributed by atoms with Crippen LogP contribution in [0.15, 0.2) is 23.0 Å². The van der Waals surface area contributed by atoms with E-state index in [2.05, 4.69) is 15.2 Å². The lowest BCUT2D eigenvalue weighted by atomic mass is 9.98. The van der Waals surface area contributed by atoms with Crippen LogP contribution in [0.1, 0.15) is 31.9 Å². The topological polar surface area (TPSA) is 105 Å². The number of H-pyrrole nitrogens is 1. The number of aromatic nitrogens is 3. The van der Waals surface area contributed by atoms with Crippen molar-refractivity contribution in [2.24, 2.45) is 5.92 Å². The second kappa shape index (κ2) is 9.80. The first-order valence-electron chi connectivity index (χ1n) is 9.74. The number of likely N-dealkylation sites (tertiary alicyclic amines) is 1. The predicted molar refractivity (Wildman–Crippen MR) is 107 cm³/mol. The third-order valence-corrected chi connectivity index (χ3v) is 5.22. The predicted octanol–water partition coefficient (Wildman–Crippen LogP) is 2.36. The molecule has 1 aliphatic heterocycles. The number of rotatable bonds is 6. The van der Waals surface area contributed by atoms with Gasteiger partial charge in [-0.2, -0.15) is 0 Å². The Balaban J connectivity index is 1.61. The summed E-state index contributed by atoms with van der Waals surface area (Å²) in [6, 6.07) is 3.95. The van der Waals surface area contributed by atoms with Gasteiger partial charge in [0, 0.05) is 31.5 Å². The summed E-state index contributed by atoms with van der Waals surface area (Å²) in [7, 11) is 0. The SMILES string of the molecule is CCOC(=O)[C@H]1CCCN(C(=O)CCc2nnc(-c3ccc(F)c(Cl)c3)[nH]c2=O)C1. The number of benzene rings is 1. The number of aromatic amines is 1. The van der Waals surface area contributed by atoms with E-state index in [1.54, 1.807) is 11.8 Å². The van der Waals surface area contributed by atoms with Crippen LogP contribution in [-0.2, 0) is 20.7 Å². The molecule has 1 saturated heterocycles. The maximum Gasteiger partial charge on any atom is 0.310 e. The van der Waals surface area contributed by atoms with Crippen molar-refractivity contribution in [2.75, 3.05) is 19.7 Å². The minimum absolute atomic E-state index is 0.0784.